The van der Waals surface area contributed by atoms with Crippen LogP contribution in [-0.4, -0.2) is 0 Å². The molecule has 0 heterocycles. The lowest BCUT2D eigenvalue weighted by Crippen LogP contribution is -2.07. The predicted octanol–water partition coefficient (Wildman–Crippen LogP) is 4.50. The van der Waals surface area contributed by atoms with Crippen molar-refractivity contribution in [2.75, 3.05) is 5.32 Å². The van der Waals surface area contributed by atoms with Gasteiger partial charge in [-0.3, -0.25) is 0 Å². The van der Waals surface area contributed by atoms with Crippen LogP contribution in [0.25, 0.3) is 0 Å². The van der Waals surface area contributed by atoms with E-state index >= 15 is 0 Å². The van der Waals surface area contributed by atoms with E-state index in [4.69, 9.17) is 5.26 Å². The maximum absolute atomic E-state index is 12.6. The van der Waals surface area contributed by atoms with E-state index in [9.17, 15) is 13.2 Å². The van der Waals surface area contributed by atoms with E-state index in [0.717, 1.165) is 17.7 Å². The number of anilines is 1. The number of hydrogen-bond acceptors (Lipinski definition) is 2. The van der Waals surface area contributed by atoms with Crippen molar-refractivity contribution in [2.24, 2.45) is 0 Å². The largest absolute Gasteiger partial charge is 0.416 e. The first-order valence-electron chi connectivity index (χ1n) is 6.31. The average molecular weight is 290 g/mol. The maximum Gasteiger partial charge on any atom is 0.416 e. The zero-order valence-corrected chi connectivity index (χ0v) is 11.3. The van der Waals surface area contributed by atoms with Gasteiger partial charge in [0.05, 0.1) is 16.8 Å². The van der Waals surface area contributed by atoms with Crippen LogP contribution in [0.1, 0.15) is 22.3 Å². The number of benzene rings is 2. The number of aryl methyl sites for hydroxylation is 1. The minimum absolute atomic E-state index is 0.224. The molecule has 0 saturated heterocycles. The van der Waals surface area contributed by atoms with Gasteiger partial charge in [0.25, 0.3) is 0 Å². The maximum atomic E-state index is 12.6. The monoisotopic (exact) mass is 290 g/mol. The number of hydrogen-bond donors (Lipinski definition) is 1. The summed E-state index contributed by atoms with van der Waals surface area (Å²) in [7, 11) is 0. The van der Waals surface area contributed by atoms with Gasteiger partial charge in [-0.25, -0.2) is 0 Å². The Hall–Kier alpha value is -2.48. The van der Waals surface area contributed by atoms with E-state index in [1.165, 1.54) is 6.07 Å². The second kappa shape index (κ2) is 5.88. The Balaban J connectivity index is 2.18. The summed E-state index contributed by atoms with van der Waals surface area (Å²) in [6.45, 7) is 2.04. The topological polar surface area (TPSA) is 35.8 Å². The highest BCUT2D eigenvalue weighted by molar-refractivity contribution is 5.60. The predicted molar refractivity (Wildman–Crippen MR) is 74.7 cm³/mol. The molecule has 0 aromatic heterocycles. The highest BCUT2D eigenvalue weighted by atomic mass is 19.4. The molecular weight excluding hydrogens is 277 g/mol. The van der Waals surface area contributed by atoms with Gasteiger partial charge in [-0.1, -0.05) is 24.3 Å². The molecule has 108 valence electrons. The number of rotatable bonds is 3. The van der Waals surface area contributed by atoms with Gasteiger partial charge in [0.15, 0.2) is 0 Å². The molecule has 2 nitrogen and oxygen atoms in total. The Morgan fingerprint density at radius 2 is 1.86 bits per heavy atom. The number of nitrogens with one attached hydrogen (secondary N) is 1. The third kappa shape index (κ3) is 3.54. The van der Waals surface area contributed by atoms with Gasteiger partial charge >= 0.3 is 6.18 Å². The van der Waals surface area contributed by atoms with Crippen molar-refractivity contribution in [3.8, 4) is 6.07 Å². The molecular formula is C16H13F3N2. The zero-order valence-electron chi connectivity index (χ0n) is 11.3. The van der Waals surface area contributed by atoms with Crippen LogP contribution in [0.2, 0.25) is 0 Å². The van der Waals surface area contributed by atoms with Gasteiger partial charge in [-0.2, -0.15) is 18.4 Å². The van der Waals surface area contributed by atoms with Crippen molar-refractivity contribution >= 4 is 5.69 Å². The molecule has 0 atom stereocenters. The Morgan fingerprint density at radius 1 is 1.14 bits per heavy atom. The Kier molecular flexibility index (Phi) is 4.18. The molecule has 0 aliphatic heterocycles. The molecule has 0 aliphatic rings. The highest BCUT2D eigenvalue weighted by Crippen LogP contribution is 2.29. The molecule has 0 fully saturated rings. The SMILES string of the molecule is Cc1cccc(NCc2cccc(C(F)(F)F)c2)c1C#N. The van der Waals surface area contributed by atoms with Crippen LogP contribution >= 0.6 is 0 Å². The fraction of sp³-hybridized carbons (Fsp3) is 0.188. The Morgan fingerprint density at radius 3 is 2.52 bits per heavy atom. The molecule has 0 saturated carbocycles. The first-order valence-corrected chi connectivity index (χ1v) is 6.31. The van der Waals surface area contributed by atoms with Gasteiger partial charge in [-0.05, 0) is 36.2 Å². The van der Waals surface area contributed by atoms with E-state index in [1.54, 1.807) is 18.2 Å². The number of nitrogens with zero attached hydrogens (tertiary/aromatic N) is 1. The van der Waals surface area contributed by atoms with E-state index in [-0.39, 0.29) is 6.54 Å². The molecule has 0 amide bonds. The van der Waals surface area contributed by atoms with Crippen LogP contribution in [0.15, 0.2) is 42.5 Å². The third-order valence-electron chi connectivity index (χ3n) is 3.12. The van der Waals surface area contributed by atoms with Crippen LogP contribution < -0.4 is 5.32 Å². The standard InChI is InChI=1S/C16H13F3N2/c1-11-4-2-7-15(14(11)9-20)21-10-12-5-3-6-13(8-12)16(17,18)19/h2-8,21H,10H2,1H3. The van der Waals surface area contributed by atoms with Crippen molar-refractivity contribution in [3.05, 3.63) is 64.7 Å². The summed E-state index contributed by atoms with van der Waals surface area (Å²) in [5.41, 5.74) is 1.78. The van der Waals surface area contributed by atoms with Gasteiger partial charge in [-0.15, -0.1) is 0 Å². The average Bonchev–Trinajstić information content (AvgIpc) is 2.44. The van der Waals surface area contributed by atoms with Crippen LogP contribution in [0.3, 0.4) is 0 Å². The van der Waals surface area contributed by atoms with Crippen LogP contribution in [0.5, 0.6) is 0 Å². The second-order valence-corrected chi connectivity index (χ2v) is 4.66. The zero-order chi connectivity index (χ0) is 15.5. The molecule has 0 spiro atoms. The molecule has 2 aromatic rings. The minimum atomic E-state index is -4.35. The van der Waals surface area contributed by atoms with E-state index in [1.807, 2.05) is 13.0 Å². The second-order valence-electron chi connectivity index (χ2n) is 4.66. The van der Waals surface area contributed by atoms with Crippen molar-refractivity contribution in [1.82, 2.24) is 0 Å². The normalized spacial score (nSPS) is 11.0. The summed E-state index contributed by atoms with van der Waals surface area (Å²) in [5.74, 6) is 0. The van der Waals surface area contributed by atoms with Crippen molar-refractivity contribution < 1.29 is 13.2 Å². The van der Waals surface area contributed by atoms with Crippen molar-refractivity contribution in [2.45, 2.75) is 19.6 Å². The van der Waals surface area contributed by atoms with Gasteiger partial charge in [0.2, 0.25) is 0 Å². The fourth-order valence-electron chi connectivity index (χ4n) is 2.02. The van der Waals surface area contributed by atoms with E-state index in [2.05, 4.69) is 11.4 Å². The summed E-state index contributed by atoms with van der Waals surface area (Å²) in [6.07, 6.45) is -4.35. The summed E-state index contributed by atoms with van der Waals surface area (Å²) < 4.78 is 37.9. The lowest BCUT2D eigenvalue weighted by Gasteiger charge is -2.12. The molecule has 0 unspecified atom stereocenters. The minimum Gasteiger partial charge on any atom is -0.380 e. The Labute approximate surface area is 120 Å². The molecule has 0 bridgehead atoms. The van der Waals surface area contributed by atoms with Gasteiger partial charge < -0.3 is 5.32 Å². The van der Waals surface area contributed by atoms with Crippen LogP contribution in [-0.2, 0) is 12.7 Å². The van der Waals surface area contributed by atoms with Crippen LogP contribution in [0.4, 0.5) is 18.9 Å². The molecule has 1 N–H and O–H groups in total. The third-order valence-corrected chi connectivity index (χ3v) is 3.12. The van der Waals surface area contributed by atoms with Crippen LogP contribution in [0, 0.1) is 18.3 Å². The Bertz CT molecular complexity index is 685. The summed E-state index contributed by atoms with van der Waals surface area (Å²) in [5, 5.41) is 12.1. The number of nitriles is 1. The number of halogens is 3. The molecule has 0 radical (unpaired) electrons. The van der Waals surface area contributed by atoms with Gasteiger partial charge in [0, 0.05) is 6.54 Å². The quantitative estimate of drug-likeness (QED) is 0.903. The number of alkyl halides is 3. The van der Waals surface area contributed by atoms with Gasteiger partial charge in [0.1, 0.15) is 6.07 Å². The molecule has 5 heteroatoms. The molecule has 2 aromatic carbocycles. The highest BCUT2D eigenvalue weighted by Gasteiger charge is 2.30. The van der Waals surface area contributed by atoms with Crippen molar-refractivity contribution in [1.29, 1.82) is 5.26 Å². The summed E-state index contributed by atoms with van der Waals surface area (Å²) in [6, 6.07) is 12.6. The lowest BCUT2D eigenvalue weighted by molar-refractivity contribution is -0.137. The molecule has 2 rings (SSSR count). The first kappa shape index (κ1) is 14.9. The summed E-state index contributed by atoms with van der Waals surface area (Å²) >= 11 is 0. The first-order chi connectivity index (χ1) is 9.91. The lowest BCUT2D eigenvalue weighted by atomic mass is 10.1. The van der Waals surface area contributed by atoms with Crippen molar-refractivity contribution in [3.63, 3.8) is 0 Å². The molecule has 0 aliphatic carbocycles. The summed E-state index contributed by atoms with van der Waals surface area (Å²) in [4.78, 5) is 0. The van der Waals surface area contributed by atoms with E-state index < -0.39 is 11.7 Å². The van der Waals surface area contributed by atoms with E-state index in [0.29, 0.717) is 16.8 Å². The molecule has 21 heavy (non-hydrogen) atoms. The smallest absolute Gasteiger partial charge is 0.380 e. The fourth-order valence-corrected chi connectivity index (χ4v) is 2.02.